The molecule has 0 aromatic carbocycles. The Kier molecular flexibility index (Phi) is 3.32. The van der Waals surface area contributed by atoms with Crippen molar-refractivity contribution in [3.63, 3.8) is 0 Å². The molecule has 0 saturated carbocycles. The maximum Gasteiger partial charge on any atom is 0.157 e. The zero-order valence-electron chi connectivity index (χ0n) is 7.95. The molecule has 1 fully saturated rings. The van der Waals surface area contributed by atoms with E-state index < -0.39 is 14.6 Å². The lowest BCUT2D eigenvalue weighted by Crippen LogP contribution is -2.50. The van der Waals surface area contributed by atoms with Gasteiger partial charge in [-0.3, -0.25) is 0 Å². The number of hydrogen-bond donors (Lipinski definition) is 1. The molecule has 1 aliphatic rings. The van der Waals surface area contributed by atoms with E-state index in [1.807, 2.05) is 0 Å². The van der Waals surface area contributed by atoms with E-state index in [4.69, 9.17) is 10.5 Å². The number of nitrogens with two attached hydrogens (primary N) is 1. The van der Waals surface area contributed by atoms with Crippen molar-refractivity contribution in [3.05, 3.63) is 0 Å². The van der Waals surface area contributed by atoms with E-state index in [1.54, 1.807) is 6.92 Å². The molecule has 0 radical (unpaired) electrons. The molecule has 5 heteroatoms. The first-order chi connectivity index (χ1) is 6.08. The Hall–Kier alpha value is -0.130. The molecule has 0 amide bonds. The van der Waals surface area contributed by atoms with Gasteiger partial charge in [0, 0.05) is 25.5 Å². The first kappa shape index (κ1) is 10.9. The lowest BCUT2D eigenvalue weighted by Gasteiger charge is -2.35. The van der Waals surface area contributed by atoms with Crippen molar-refractivity contribution in [2.45, 2.75) is 24.5 Å². The minimum absolute atomic E-state index is 0.171. The number of rotatable bonds is 3. The second kappa shape index (κ2) is 3.94. The monoisotopic (exact) mass is 207 g/mol. The van der Waals surface area contributed by atoms with E-state index in [0.29, 0.717) is 26.1 Å². The molecule has 1 saturated heterocycles. The van der Waals surface area contributed by atoms with Gasteiger partial charge in [-0.15, -0.1) is 0 Å². The van der Waals surface area contributed by atoms with Gasteiger partial charge in [0.15, 0.2) is 9.84 Å². The van der Waals surface area contributed by atoms with Crippen molar-refractivity contribution in [1.82, 2.24) is 0 Å². The Balaban J connectivity index is 2.91. The summed E-state index contributed by atoms with van der Waals surface area (Å²) in [7, 11) is -3.04. The van der Waals surface area contributed by atoms with E-state index in [1.165, 1.54) is 0 Å². The molecule has 13 heavy (non-hydrogen) atoms. The maximum atomic E-state index is 11.8. The van der Waals surface area contributed by atoms with Crippen LogP contribution in [-0.4, -0.2) is 38.7 Å². The van der Waals surface area contributed by atoms with Gasteiger partial charge in [0.25, 0.3) is 0 Å². The van der Waals surface area contributed by atoms with Gasteiger partial charge in [-0.2, -0.15) is 0 Å². The number of sulfone groups is 1. The summed E-state index contributed by atoms with van der Waals surface area (Å²) in [5, 5.41) is 0. The van der Waals surface area contributed by atoms with Crippen molar-refractivity contribution in [3.8, 4) is 0 Å². The first-order valence-corrected chi connectivity index (χ1v) is 6.23. The molecule has 1 aliphatic heterocycles. The van der Waals surface area contributed by atoms with Crippen LogP contribution >= 0.6 is 0 Å². The fourth-order valence-corrected chi connectivity index (χ4v) is 3.35. The fourth-order valence-electron chi connectivity index (χ4n) is 1.69. The van der Waals surface area contributed by atoms with Gasteiger partial charge in [0.1, 0.15) is 0 Å². The van der Waals surface area contributed by atoms with Crippen LogP contribution in [0.5, 0.6) is 0 Å². The van der Waals surface area contributed by atoms with Crippen LogP contribution in [0.2, 0.25) is 0 Å². The van der Waals surface area contributed by atoms with Crippen LogP contribution in [-0.2, 0) is 14.6 Å². The van der Waals surface area contributed by atoms with Gasteiger partial charge in [-0.1, -0.05) is 6.92 Å². The van der Waals surface area contributed by atoms with Crippen molar-refractivity contribution in [1.29, 1.82) is 0 Å². The van der Waals surface area contributed by atoms with Crippen LogP contribution in [0.25, 0.3) is 0 Å². The Bertz CT molecular complexity index is 255. The summed E-state index contributed by atoms with van der Waals surface area (Å²) in [5.74, 6) is 0.171. The van der Waals surface area contributed by atoms with Crippen molar-refractivity contribution < 1.29 is 13.2 Å². The molecule has 0 atom stereocenters. The minimum Gasteiger partial charge on any atom is -0.381 e. The van der Waals surface area contributed by atoms with Crippen molar-refractivity contribution >= 4 is 9.84 Å². The minimum atomic E-state index is -3.04. The molecular formula is C8H17NO3S. The van der Waals surface area contributed by atoms with Crippen LogP contribution in [0.15, 0.2) is 0 Å². The summed E-state index contributed by atoms with van der Waals surface area (Å²) >= 11 is 0. The molecule has 2 N–H and O–H groups in total. The Morgan fingerprint density at radius 1 is 1.38 bits per heavy atom. The van der Waals surface area contributed by atoms with Gasteiger partial charge in [-0.25, -0.2) is 8.42 Å². The summed E-state index contributed by atoms with van der Waals surface area (Å²) in [6.07, 6.45) is 1.08. The standard InChI is InChI=1S/C8H17NO3S/c1-2-13(10,11)8(7-9)3-5-12-6-4-8/h2-7,9H2,1H3. The maximum absolute atomic E-state index is 11.8. The molecule has 0 bridgehead atoms. The normalized spacial score (nSPS) is 22.9. The summed E-state index contributed by atoms with van der Waals surface area (Å²) < 4.78 is 28.0. The highest BCUT2D eigenvalue weighted by Gasteiger charge is 2.42. The number of ether oxygens (including phenoxy) is 1. The second-order valence-electron chi connectivity index (χ2n) is 3.40. The molecule has 0 aliphatic carbocycles. The quantitative estimate of drug-likeness (QED) is 0.703. The Labute approximate surface area is 79.4 Å². The topological polar surface area (TPSA) is 69.4 Å². The SMILES string of the molecule is CCS(=O)(=O)C1(CN)CCOCC1. The van der Waals surface area contributed by atoms with E-state index in [-0.39, 0.29) is 12.3 Å². The van der Waals surface area contributed by atoms with E-state index in [9.17, 15) is 8.42 Å². The van der Waals surface area contributed by atoms with Crippen LogP contribution in [0.4, 0.5) is 0 Å². The fraction of sp³-hybridized carbons (Fsp3) is 1.00. The summed E-state index contributed by atoms with van der Waals surface area (Å²) in [4.78, 5) is 0. The molecule has 0 aromatic rings. The van der Waals surface area contributed by atoms with Crippen LogP contribution in [0, 0.1) is 0 Å². The van der Waals surface area contributed by atoms with Crippen molar-refractivity contribution in [2.75, 3.05) is 25.5 Å². The van der Waals surface area contributed by atoms with Crippen LogP contribution < -0.4 is 5.73 Å². The molecule has 78 valence electrons. The highest BCUT2D eigenvalue weighted by Crippen LogP contribution is 2.29. The molecule has 4 nitrogen and oxygen atoms in total. The van der Waals surface area contributed by atoms with Gasteiger partial charge in [-0.05, 0) is 12.8 Å². The molecule has 0 aromatic heterocycles. The van der Waals surface area contributed by atoms with E-state index >= 15 is 0 Å². The highest BCUT2D eigenvalue weighted by molar-refractivity contribution is 7.92. The first-order valence-electron chi connectivity index (χ1n) is 4.58. The van der Waals surface area contributed by atoms with E-state index in [2.05, 4.69) is 0 Å². The van der Waals surface area contributed by atoms with Crippen molar-refractivity contribution in [2.24, 2.45) is 5.73 Å². The largest absolute Gasteiger partial charge is 0.381 e. The average Bonchev–Trinajstić information content (AvgIpc) is 2.18. The third kappa shape index (κ3) is 1.87. The van der Waals surface area contributed by atoms with Crippen LogP contribution in [0.1, 0.15) is 19.8 Å². The second-order valence-corrected chi connectivity index (χ2v) is 6.08. The Morgan fingerprint density at radius 3 is 2.31 bits per heavy atom. The lowest BCUT2D eigenvalue weighted by molar-refractivity contribution is 0.0765. The van der Waals surface area contributed by atoms with Crippen LogP contribution in [0.3, 0.4) is 0 Å². The summed E-state index contributed by atoms with van der Waals surface area (Å²) in [6.45, 7) is 2.90. The lowest BCUT2D eigenvalue weighted by atomic mass is 9.99. The highest BCUT2D eigenvalue weighted by atomic mass is 32.2. The number of hydrogen-bond acceptors (Lipinski definition) is 4. The zero-order valence-corrected chi connectivity index (χ0v) is 8.77. The zero-order chi connectivity index (χ0) is 9.95. The third-order valence-corrected chi connectivity index (χ3v) is 5.47. The van der Waals surface area contributed by atoms with Gasteiger partial charge in [0.2, 0.25) is 0 Å². The predicted molar refractivity (Wildman–Crippen MR) is 51.3 cm³/mol. The third-order valence-electron chi connectivity index (χ3n) is 2.82. The summed E-state index contributed by atoms with van der Waals surface area (Å²) in [5.41, 5.74) is 5.57. The predicted octanol–water partition coefficient (Wildman–Crippen LogP) is -0.0710. The molecule has 0 unspecified atom stereocenters. The molecule has 0 spiro atoms. The molecule has 1 rings (SSSR count). The van der Waals surface area contributed by atoms with E-state index in [0.717, 1.165) is 0 Å². The average molecular weight is 207 g/mol. The summed E-state index contributed by atoms with van der Waals surface area (Å²) in [6, 6.07) is 0. The van der Waals surface area contributed by atoms with Gasteiger partial charge >= 0.3 is 0 Å². The molecular weight excluding hydrogens is 190 g/mol. The Morgan fingerprint density at radius 2 is 1.92 bits per heavy atom. The molecule has 1 heterocycles. The van der Waals surface area contributed by atoms with Gasteiger partial charge in [0.05, 0.1) is 4.75 Å². The smallest absolute Gasteiger partial charge is 0.157 e. The van der Waals surface area contributed by atoms with Gasteiger partial charge < -0.3 is 10.5 Å².